The fourth-order valence-corrected chi connectivity index (χ4v) is 8.83. The van der Waals surface area contributed by atoms with Gasteiger partial charge in [-0.25, -0.2) is 9.18 Å². The third-order valence-electron chi connectivity index (χ3n) is 10.5. The first-order chi connectivity index (χ1) is 22.3. The van der Waals surface area contributed by atoms with E-state index in [-0.39, 0.29) is 29.7 Å². The summed E-state index contributed by atoms with van der Waals surface area (Å²) in [5.74, 6) is -0.831. The molecule has 1 aliphatic carbocycles. The molecule has 7 rings (SSSR count). The van der Waals surface area contributed by atoms with Crippen molar-refractivity contribution < 1.29 is 18.8 Å². The minimum absolute atomic E-state index is 0.0742. The summed E-state index contributed by atoms with van der Waals surface area (Å²) in [6.07, 6.45) is 9.13. The number of allylic oxidation sites excluding steroid dienone is 4. The van der Waals surface area contributed by atoms with E-state index in [1.54, 1.807) is 23.1 Å². The summed E-state index contributed by atoms with van der Waals surface area (Å²) in [6, 6.07) is 10.7. The first-order valence-electron chi connectivity index (χ1n) is 16.2. The van der Waals surface area contributed by atoms with Crippen LogP contribution in [0.4, 0.5) is 14.9 Å². The van der Waals surface area contributed by atoms with Crippen molar-refractivity contribution in [2.75, 3.05) is 57.7 Å². The quantitative estimate of drug-likeness (QED) is 0.449. The van der Waals surface area contributed by atoms with E-state index in [4.69, 9.17) is 23.2 Å². The van der Waals surface area contributed by atoms with Crippen LogP contribution in [0, 0.1) is 17.7 Å². The van der Waals surface area contributed by atoms with Crippen LogP contribution in [0.15, 0.2) is 65.7 Å². The highest BCUT2D eigenvalue weighted by Gasteiger charge is 2.63. The molecule has 1 unspecified atom stereocenters. The van der Waals surface area contributed by atoms with E-state index in [0.29, 0.717) is 73.4 Å². The second kappa shape index (κ2) is 12.7. The second-order valence-electron chi connectivity index (χ2n) is 13.1. The number of amides is 4. The molecule has 46 heavy (non-hydrogen) atoms. The lowest BCUT2D eigenvalue weighted by Gasteiger charge is -2.54. The molecule has 0 saturated carbocycles. The van der Waals surface area contributed by atoms with E-state index in [2.05, 4.69) is 16.3 Å². The number of nitrogens with zero attached hydrogens (tertiary/aromatic N) is 4. The number of piperidine rings is 1. The first-order valence-corrected chi connectivity index (χ1v) is 17.0. The van der Waals surface area contributed by atoms with Crippen LogP contribution in [-0.2, 0) is 15.0 Å². The van der Waals surface area contributed by atoms with Crippen LogP contribution < -0.4 is 5.32 Å². The molecule has 3 fully saturated rings. The Bertz CT molecular complexity index is 1600. The molecule has 11 heteroatoms. The number of benzene rings is 2. The monoisotopic (exact) mass is 665 g/mol. The van der Waals surface area contributed by atoms with E-state index in [1.165, 1.54) is 12.1 Å². The molecule has 2 aromatic carbocycles. The minimum atomic E-state index is -1.23. The third kappa shape index (κ3) is 5.50. The van der Waals surface area contributed by atoms with Crippen molar-refractivity contribution in [1.29, 1.82) is 0 Å². The Hall–Kier alpha value is -3.40. The molecule has 3 saturated heterocycles. The number of urea groups is 1. The standard InChI is InChI=1S/C35H38Cl2FN5O3/c36-25-7-3-5-23(19-25)28-11-14-43(34(46)42-17-15-40(16-18-42)22-31(44)41-12-1-2-13-41)32(24-6-4-8-27(38)20-24)35(28)29-10-9-26(37)21-30(29)39-33(35)45/h3-10,20-21,23,28,32H,1-2,11-19,22H2,(H,39,45)/t23?,28-,32-,35+/m0/s1. The molecule has 0 aromatic heterocycles. The predicted molar refractivity (Wildman–Crippen MR) is 176 cm³/mol. The van der Waals surface area contributed by atoms with Crippen LogP contribution >= 0.6 is 23.2 Å². The fourth-order valence-electron chi connectivity index (χ4n) is 8.41. The van der Waals surface area contributed by atoms with E-state index in [9.17, 15) is 18.8 Å². The highest BCUT2D eigenvalue weighted by atomic mass is 35.5. The lowest BCUT2D eigenvalue weighted by atomic mass is 9.56. The number of anilines is 1. The van der Waals surface area contributed by atoms with Crippen molar-refractivity contribution in [3.05, 3.63) is 87.7 Å². The Kier molecular flexibility index (Phi) is 8.59. The molecule has 4 atom stereocenters. The number of nitrogens with one attached hydrogen (secondary N) is 1. The van der Waals surface area contributed by atoms with Gasteiger partial charge in [0.2, 0.25) is 11.8 Å². The molecule has 2 aromatic rings. The smallest absolute Gasteiger partial charge is 0.320 e. The maximum absolute atomic E-state index is 15.0. The van der Waals surface area contributed by atoms with Gasteiger partial charge in [0.25, 0.3) is 0 Å². The van der Waals surface area contributed by atoms with Crippen LogP contribution in [0.2, 0.25) is 5.02 Å². The molecule has 0 radical (unpaired) electrons. The molecule has 4 aliphatic heterocycles. The molecule has 0 bridgehead atoms. The van der Waals surface area contributed by atoms with Gasteiger partial charge in [-0.15, -0.1) is 0 Å². The average molecular weight is 667 g/mol. The molecule has 1 spiro atoms. The number of carbonyl (C=O) groups is 3. The van der Waals surface area contributed by atoms with E-state index < -0.39 is 17.3 Å². The molecule has 1 N–H and O–H groups in total. The molecular weight excluding hydrogens is 628 g/mol. The van der Waals surface area contributed by atoms with Gasteiger partial charge in [0, 0.05) is 61.6 Å². The first kappa shape index (κ1) is 31.2. The highest BCUT2D eigenvalue weighted by molar-refractivity contribution is 6.31. The largest absolute Gasteiger partial charge is 0.342 e. The summed E-state index contributed by atoms with van der Waals surface area (Å²) in [5, 5.41) is 4.29. The van der Waals surface area contributed by atoms with Gasteiger partial charge in [0.15, 0.2) is 0 Å². The van der Waals surface area contributed by atoms with Crippen molar-refractivity contribution in [3.8, 4) is 0 Å². The van der Waals surface area contributed by atoms with E-state index in [1.807, 2.05) is 34.1 Å². The Labute approximate surface area is 278 Å². The zero-order valence-corrected chi connectivity index (χ0v) is 27.2. The van der Waals surface area contributed by atoms with Crippen LogP contribution in [-0.4, -0.2) is 89.8 Å². The van der Waals surface area contributed by atoms with Crippen LogP contribution in [0.5, 0.6) is 0 Å². The van der Waals surface area contributed by atoms with Gasteiger partial charge in [-0.1, -0.05) is 53.6 Å². The van der Waals surface area contributed by atoms with Crippen molar-refractivity contribution in [2.24, 2.45) is 11.8 Å². The summed E-state index contributed by atoms with van der Waals surface area (Å²) in [5.41, 5.74) is 0.695. The van der Waals surface area contributed by atoms with Gasteiger partial charge in [0.1, 0.15) is 11.2 Å². The Morgan fingerprint density at radius 2 is 1.74 bits per heavy atom. The van der Waals surface area contributed by atoms with Gasteiger partial charge in [-0.3, -0.25) is 14.5 Å². The van der Waals surface area contributed by atoms with Gasteiger partial charge < -0.3 is 20.0 Å². The van der Waals surface area contributed by atoms with Gasteiger partial charge in [0.05, 0.1) is 12.6 Å². The van der Waals surface area contributed by atoms with Crippen molar-refractivity contribution in [3.63, 3.8) is 0 Å². The number of rotatable bonds is 4. The summed E-state index contributed by atoms with van der Waals surface area (Å²) >= 11 is 13.0. The number of halogens is 3. The maximum atomic E-state index is 15.0. The Morgan fingerprint density at radius 3 is 2.48 bits per heavy atom. The van der Waals surface area contributed by atoms with Crippen LogP contribution in [0.3, 0.4) is 0 Å². The molecule has 242 valence electrons. The van der Waals surface area contributed by atoms with Gasteiger partial charge in [-0.05, 0) is 79.0 Å². The summed E-state index contributed by atoms with van der Waals surface area (Å²) in [4.78, 5) is 49.6. The fraction of sp³-hybridized carbons (Fsp3) is 0.457. The number of piperazine rings is 1. The zero-order valence-electron chi connectivity index (χ0n) is 25.6. The Balaban J connectivity index is 1.25. The van der Waals surface area contributed by atoms with E-state index in [0.717, 1.165) is 31.5 Å². The van der Waals surface area contributed by atoms with Crippen LogP contribution in [0.1, 0.15) is 42.9 Å². The zero-order chi connectivity index (χ0) is 32.0. The number of carbonyl (C=O) groups excluding carboxylic acids is 3. The number of hydrogen-bond acceptors (Lipinski definition) is 4. The number of fused-ring (bicyclic) bond motifs is 2. The maximum Gasteiger partial charge on any atom is 0.320 e. The predicted octanol–water partition coefficient (Wildman–Crippen LogP) is 5.79. The molecule has 4 heterocycles. The average Bonchev–Trinajstić information content (AvgIpc) is 3.68. The summed E-state index contributed by atoms with van der Waals surface area (Å²) in [6.45, 7) is 4.46. The number of likely N-dealkylation sites (tertiary alicyclic amines) is 2. The summed E-state index contributed by atoms with van der Waals surface area (Å²) < 4.78 is 15.0. The Morgan fingerprint density at radius 1 is 0.957 bits per heavy atom. The lowest BCUT2D eigenvalue weighted by molar-refractivity contribution is -0.131. The topological polar surface area (TPSA) is 76.2 Å². The number of hydrogen-bond donors (Lipinski definition) is 1. The van der Waals surface area contributed by atoms with E-state index >= 15 is 0 Å². The molecule has 4 amide bonds. The molecular formula is C35H38Cl2FN5O3. The second-order valence-corrected chi connectivity index (χ2v) is 14.0. The highest BCUT2D eigenvalue weighted by Crippen LogP contribution is 2.59. The summed E-state index contributed by atoms with van der Waals surface area (Å²) in [7, 11) is 0. The van der Waals surface area contributed by atoms with Crippen molar-refractivity contribution >= 4 is 46.7 Å². The molecule has 5 aliphatic rings. The third-order valence-corrected chi connectivity index (χ3v) is 11.0. The minimum Gasteiger partial charge on any atom is -0.342 e. The van der Waals surface area contributed by atoms with Crippen molar-refractivity contribution in [1.82, 2.24) is 19.6 Å². The van der Waals surface area contributed by atoms with Crippen molar-refractivity contribution in [2.45, 2.75) is 37.1 Å². The SMILES string of the molecule is O=C(CN1CCN(C(=O)N2CC[C@@H](C3C=CC=C(Cl)C3)[C@]3(C(=O)Nc4cc(Cl)ccc43)[C@@H]2c2cccc(F)c2)CC1)N1CCCC1. The van der Waals surface area contributed by atoms with Gasteiger partial charge in [-0.2, -0.15) is 0 Å². The normalized spacial score (nSPS) is 28.0. The van der Waals surface area contributed by atoms with Gasteiger partial charge >= 0.3 is 6.03 Å². The molecule has 8 nitrogen and oxygen atoms in total. The van der Waals surface area contributed by atoms with Crippen LogP contribution in [0.25, 0.3) is 0 Å². The lowest BCUT2D eigenvalue weighted by Crippen LogP contribution is -2.63.